The van der Waals surface area contributed by atoms with E-state index in [1.165, 1.54) is 7.11 Å². The zero-order chi connectivity index (χ0) is 17.7. The molecule has 0 aliphatic heterocycles. The van der Waals surface area contributed by atoms with Gasteiger partial charge in [-0.15, -0.1) is 0 Å². The van der Waals surface area contributed by atoms with Crippen molar-refractivity contribution in [1.29, 1.82) is 0 Å². The third-order valence-electron chi connectivity index (χ3n) is 3.50. The highest BCUT2D eigenvalue weighted by molar-refractivity contribution is 5.83. The molecule has 24 heavy (non-hydrogen) atoms. The van der Waals surface area contributed by atoms with E-state index in [-0.39, 0.29) is 12.4 Å². The summed E-state index contributed by atoms with van der Waals surface area (Å²) in [5, 5.41) is 3.83. The largest absolute Gasteiger partial charge is 0.469 e. The van der Waals surface area contributed by atoms with E-state index in [1.54, 1.807) is 20.8 Å². The van der Waals surface area contributed by atoms with Crippen LogP contribution in [0.1, 0.15) is 32.8 Å². The topological polar surface area (TPSA) is 80.4 Å². The summed E-state index contributed by atoms with van der Waals surface area (Å²) in [6.45, 7) is 5.38. The number of alkyl carbamates (subject to hydrolysis) is 1. The number of aromatic amines is 1. The van der Waals surface area contributed by atoms with Crippen LogP contribution < -0.4 is 5.32 Å². The molecule has 0 saturated heterocycles. The Hall–Kier alpha value is -2.50. The highest BCUT2D eigenvalue weighted by Crippen LogP contribution is 2.20. The van der Waals surface area contributed by atoms with Crippen molar-refractivity contribution in [3.8, 4) is 0 Å². The van der Waals surface area contributed by atoms with Crippen molar-refractivity contribution >= 4 is 23.0 Å². The lowest BCUT2D eigenvalue weighted by Crippen LogP contribution is -2.41. The molecule has 2 rings (SSSR count). The van der Waals surface area contributed by atoms with E-state index in [0.717, 1.165) is 16.5 Å². The maximum absolute atomic E-state index is 12.0. The number of carbonyl (C=O) groups excluding carboxylic acids is 2. The van der Waals surface area contributed by atoms with Gasteiger partial charge in [0.1, 0.15) is 5.60 Å². The van der Waals surface area contributed by atoms with Gasteiger partial charge in [-0.25, -0.2) is 4.79 Å². The number of nitrogens with one attached hydrogen (secondary N) is 2. The van der Waals surface area contributed by atoms with Gasteiger partial charge in [-0.1, -0.05) is 18.2 Å². The van der Waals surface area contributed by atoms with Crippen LogP contribution in [0.3, 0.4) is 0 Å². The molecule has 0 unspecified atom stereocenters. The Morgan fingerprint density at radius 1 is 1.25 bits per heavy atom. The number of benzene rings is 1. The van der Waals surface area contributed by atoms with Crippen molar-refractivity contribution in [2.75, 3.05) is 7.11 Å². The van der Waals surface area contributed by atoms with Gasteiger partial charge in [0, 0.05) is 23.1 Å². The number of carbonyl (C=O) groups is 2. The van der Waals surface area contributed by atoms with E-state index >= 15 is 0 Å². The van der Waals surface area contributed by atoms with Crippen LogP contribution in [0.2, 0.25) is 0 Å². The smallest absolute Gasteiger partial charge is 0.407 e. The SMILES string of the molecule is COC(=O)C[C@H](Cc1c[nH]c2ccccc12)NC(=O)OC(C)(C)C. The fourth-order valence-corrected chi connectivity index (χ4v) is 2.50. The first-order chi connectivity index (χ1) is 11.3. The molecule has 1 aromatic carbocycles. The molecular formula is C18H24N2O4. The van der Waals surface area contributed by atoms with Gasteiger partial charge in [-0.05, 0) is 38.8 Å². The molecule has 0 saturated carbocycles. The van der Waals surface area contributed by atoms with E-state index in [1.807, 2.05) is 30.5 Å². The minimum Gasteiger partial charge on any atom is -0.469 e. The van der Waals surface area contributed by atoms with Crippen LogP contribution in [0.25, 0.3) is 10.9 Å². The molecule has 1 atom stereocenters. The molecular weight excluding hydrogens is 308 g/mol. The lowest BCUT2D eigenvalue weighted by atomic mass is 10.0. The second kappa shape index (κ2) is 7.38. The lowest BCUT2D eigenvalue weighted by Gasteiger charge is -2.23. The number of hydrogen-bond donors (Lipinski definition) is 2. The van der Waals surface area contributed by atoms with E-state index in [9.17, 15) is 9.59 Å². The van der Waals surface area contributed by atoms with Crippen molar-refractivity contribution in [2.45, 2.75) is 45.3 Å². The van der Waals surface area contributed by atoms with Crippen molar-refractivity contribution in [2.24, 2.45) is 0 Å². The van der Waals surface area contributed by atoms with Crippen molar-refractivity contribution in [1.82, 2.24) is 10.3 Å². The molecule has 0 aliphatic carbocycles. The average Bonchev–Trinajstić information content (AvgIpc) is 2.88. The van der Waals surface area contributed by atoms with Gasteiger partial charge in [0.2, 0.25) is 0 Å². The molecule has 1 aromatic heterocycles. The van der Waals surface area contributed by atoms with Gasteiger partial charge in [-0.3, -0.25) is 4.79 Å². The number of aromatic nitrogens is 1. The first kappa shape index (κ1) is 17.8. The molecule has 1 heterocycles. The summed E-state index contributed by atoms with van der Waals surface area (Å²) in [6.07, 6.45) is 1.93. The number of fused-ring (bicyclic) bond motifs is 1. The molecule has 2 N–H and O–H groups in total. The normalized spacial score (nSPS) is 12.7. The Balaban J connectivity index is 2.13. The maximum atomic E-state index is 12.0. The van der Waals surface area contributed by atoms with Gasteiger partial charge in [0.15, 0.2) is 0 Å². The summed E-state index contributed by atoms with van der Waals surface area (Å²) in [4.78, 5) is 26.9. The van der Waals surface area contributed by atoms with E-state index in [0.29, 0.717) is 6.42 Å². The van der Waals surface area contributed by atoms with Crippen molar-refractivity contribution in [3.05, 3.63) is 36.0 Å². The summed E-state index contributed by atoms with van der Waals surface area (Å²) in [7, 11) is 1.33. The van der Waals surface area contributed by atoms with Gasteiger partial charge in [0.25, 0.3) is 0 Å². The van der Waals surface area contributed by atoms with Crippen LogP contribution in [-0.4, -0.2) is 35.8 Å². The molecule has 6 nitrogen and oxygen atoms in total. The number of ether oxygens (including phenoxy) is 2. The number of rotatable bonds is 5. The summed E-state index contributed by atoms with van der Waals surface area (Å²) in [6, 6.07) is 7.48. The maximum Gasteiger partial charge on any atom is 0.407 e. The predicted molar refractivity (Wildman–Crippen MR) is 91.8 cm³/mol. The highest BCUT2D eigenvalue weighted by atomic mass is 16.6. The Labute approximate surface area is 141 Å². The summed E-state index contributed by atoms with van der Waals surface area (Å²) < 4.78 is 10.0. The van der Waals surface area contributed by atoms with Crippen LogP contribution in [-0.2, 0) is 20.7 Å². The number of H-pyrrole nitrogens is 1. The van der Waals surface area contributed by atoms with Crippen LogP contribution in [0.5, 0.6) is 0 Å². The molecule has 0 fully saturated rings. The number of esters is 1. The molecule has 0 aliphatic rings. The molecule has 1 amide bonds. The number of amides is 1. The molecule has 0 radical (unpaired) electrons. The third kappa shape index (κ3) is 5.01. The van der Waals surface area contributed by atoms with Crippen LogP contribution in [0.4, 0.5) is 4.79 Å². The third-order valence-corrected chi connectivity index (χ3v) is 3.50. The van der Waals surface area contributed by atoms with Crippen LogP contribution in [0, 0.1) is 0 Å². The minimum atomic E-state index is -0.597. The van der Waals surface area contributed by atoms with Crippen LogP contribution in [0.15, 0.2) is 30.5 Å². The Morgan fingerprint density at radius 3 is 2.62 bits per heavy atom. The average molecular weight is 332 g/mol. The molecule has 0 spiro atoms. The Kier molecular flexibility index (Phi) is 5.49. The lowest BCUT2D eigenvalue weighted by molar-refractivity contribution is -0.141. The standard InChI is InChI=1S/C18H24N2O4/c1-18(2,3)24-17(22)20-13(10-16(21)23-4)9-12-11-19-15-8-6-5-7-14(12)15/h5-8,11,13,19H,9-10H2,1-4H3,(H,20,22)/t13-/m0/s1. The van der Waals surface area contributed by atoms with Gasteiger partial charge < -0.3 is 19.8 Å². The fraction of sp³-hybridized carbons (Fsp3) is 0.444. The quantitative estimate of drug-likeness (QED) is 0.824. The number of hydrogen-bond acceptors (Lipinski definition) is 4. The Morgan fingerprint density at radius 2 is 1.96 bits per heavy atom. The second-order valence-electron chi connectivity index (χ2n) is 6.69. The summed E-state index contributed by atoms with van der Waals surface area (Å²) in [5.41, 5.74) is 1.44. The van der Waals surface area contributed by atoms with E-state index in [4.69, 9.17) is 9.47 Å². The van der Waals surface area contributed by atoms with E-state index in [2.05, 4.69) is 10.3 Å². The minimum absolute atomic E-state index is 0.0786. The first-order valence-corrected chi connectivity index (χ1v) is 7.90. The number of para-hydroxylation sites is 1. The zero-order valence-corrected chi connectivity index (χ0v) is 14.5. The molecule has 2 aromatic rings. The highest BCUT2D eigenvalue weighted by Gasteiger charge is 2.22. The monoisotopic (exact) mass is 332 g/mol. The van der Waals surface area contributed by atoms with Crippen molar-refractivity contribution < 1.29 is 19.1 Å². The summed E-state index contributed by atoms with van der Waals surface area (Å²) >= 11 is 0. The zero-order valence-electron chi connectivity index (χ0n) is 14.5. The van der Waals surface area contributed by atoms with Gasteiger partial charge >= 0.3 is 12.1 Å². The molecule has 0 bridgehead atoms. The van der Waals surface area contributed by atoms with Gasteiger partial charge in [-0.2, -0.15) is 0 Å². The van der Waals surface area contributed by atoms with Gasteiger partial charge in [0.05, 0.1) is 13.5 Å². The second-order valence-corrected chi connectivity index (χ2v) is 6.69. The van der Waals surface area contributed by atoms with Crippen molar-refractivity contribution in [3.63, 3.8) is 0 Å². The number of methoxy groups -OCH3 is 1. The van der Waals surface area contributed by atoms with Crippen LogP contribution >= 0.6 is 0 Å². The fourth-order valence-electron chi connectivity index (χ4n) is 2.50. The van der Waals surface area contributed by atoms with E-state index < -0.39 is 17.7 Å². The molecule has 6 heteroatoms. The molecule has 130 valence electrons. The first-order valence-electron chi connectivity index (χ1n) is 7.90. The predicted octanol–water partition coefficient (Wildman–Crippen LogP) is 3.17. The Bertz CT molecular complexity index is 715. The summed E-state index contributed by atoms with van der Waals surface area (Å²) in [5.74, 6) is -0.379.